The molecule has 0 spiro atoms. The highest BCUT2D eigenvalue weighted by Gasteiger charge is 2.03. The summed E-state index contributed by atoms with van der Waals surface area (Å²) >= 11 is 0. The van der Waals surface area contributed by atoms with E-state index in [0.29, 0.717) is 17.8 Å². The van der Waals surface area contributed by atoms with Crippen molar-refractivity contribution in [3.8, 4) is 0 Å². The van der Waals surface area contributed by atoms with Gasteiger partial charge in [-0.2, -0.15) is 0 Å². The molecule has 3 N–H and O–H groups in total. The summed E-state index contributed by atoms with van der Waals surface area (Å²) in [4.78, 5) is 22.3. The number of hydrogen-bond donors (Lipinski definition) is 3. The van der Waals surface area contributed by atoms with Gasteiger partial charge in [0.05, 0.1) is 6.61 Å². The molecule has 0 unspecified atom stereocenters. The molecular weight excluding hydrogens is 236 g/mol. The normalized spacial score (nSPS) is 9.67. The van der Waals surface area contributed by atoms with Crippen molar-refractivity contribution in [2.75, 3.05) is 23.8 Å². The average Bonchev–Trinajstić information content (AvgIpc) is 2.38. The summed E-state index contributed by atoms with van der Waals surface area (Å²) in [5, 5.41) is 13.7. The van der Waals surface area contributed by atoms with Gasteiger partial charge in [0.1, 0.15) is 6.61 Å². The Balaban J connectivity index is 2.49. The molecule has 0 aliphatic rings. The van der Waals surface area contributed by atoms with Gasteiger partial charge < -0.3 is 15.2 Å². The SMILES string of the molecule is CCC(=O)Nc1ccc(NC(=O)OCCO)cc1. The third-order valence-corrected chi connectivity index (χ3v) is 2.06. The quantitative estimate of drug-likeness (QED) is 0.742. The van der Waals surface area contributed by atoms with Gasteiger partial charge in [0.25, 0.3) is 0 Å². The lowest BCUT2D eigenvalue weighted by Gasteiger charge is -2.07. The maximum atomic E-state index is 11.2. The van der Waals surface area contributed by atoms with Crippen molar-refractivity contribution in [1.82, 2.24) is 0 Å². The van der Waals surface area contributed by atoms with Crippen LogP contribution in [0.4, 0.5) is 16.2 Å². The van der Waals surface area contributed by atoms with Crippen LogP contribution in [0.2, 0.25) is 0 Å². The average molecular weight is 252 g/mol. The first-order valence-corrected chi connectivity index (χ1v) is 5.60. The van der Waals surface area contributed by atoms with Crippen LogP contribution in [-0.2, 0) is 9.53 Å². The smallest absolute Gasteiger partial charge is 0.411 e. The number of amides is 2. The van der Waals surface area contributed by atoms with Crippen molar-refractivity contribution in [3.63, 3.8) is 0 Å². The van der Waals surface area contributed by atoms with Crippen molar-refractivity contribution >= 4 is 23.4 Å². The van der Waals surface area contributed by atoms with Crippen LogP contribution in [0.3, 0.4) is 0 Å². The highest BCUT2D eigenvalue weighted by atomic mass is 16.6. The largest absolute Gasteiger partial charge is 0.447 e. The number of ether oxygens (including phenoxy) is 1. The Morgan fingerprint density at radius 2 is 1.72 bits per heavy atom. The van der Waals surface area contributed by atoms with Crippen LogP contribution in [0.1, 0.15) is 13.3 Å². The lowest BCUT2D eigenvalue weighted by molar-refractivity contribution is -0.115. The van der Waals surface area contributed by atoms with Gasteiger partial charge in [-0.15, -0.1) is 0 Å². The van der Waals surface area contributed by atoms with Crippen LogP contribution in [0.25, 0.3) is 0 Å². The Morgan fingerprint density at radius 1 is 1.17 bits per heavy atom. The molecule has 6 nitrogen and oxygen atoms in total. The fourth-order valence-electron chi connectivity index (χ4n) is 1.18. The molecule has 18 heavy (non-hydrogen) atoms. The van der Waals surface area contributed by atoms with Crippen molar-refractivity contribution < 1.29 is 19.4 Å². The van der Waals surface area contributed by atoms with Crippen LogP contribution in [0.5, 0.6) is 0 Å². The minimum absolute atomic E-state index is 0.0452. The summed E-state index contributed by atoms with van der Waals surface area (Å²) in [5.41, 5.74) is 1.21. The van der Waals surface area contributed by atoms with E-state index in [1.54, 1.807) is 31.2 Å². The Hall–Kier alpha value is -2.08. The van der Waals surface area contributed by atoms with Gasteiger partial charge in [0, 0.05) is 17.8 Å². The number of carbonyl (C=O) groups is 2. The second kappa shape index (κ2) is 7.29. The molecule has 1 rings (SSSR count). The Labute approximate surface area is 105 Å². The van der Waals surface area contributed by atoms with E-state index < -0.39 is 6.09 Å². The lowest BCUT2D eigenvalue weighted by Crippen LogP contribution is -2.15. The first kappa shape index (κ1) is 14.0. The van der Waals surface area contributed by atoms with Crippen molar-refractivity contribution in [2.24, 2.45) is 0 Å². The Kier molecular flexibility index (Phi) is 5.66. The summed E-state index contributed by atoms with van der Waals surface area (Å²) in [5.74, 6) is -0.0712. The van der Waals surface area contributed by atoms with Gasteiger partial charge in [-0.25, -0.2) is 4.79 Å². The minimum Gasteiger partial charge on any atom is -0.447 e. The molecule has 0 bridgehead atoms. The number of hydrogen-bond acceptors (Lipinski definition) is 4. The van der Waals surface area contributed by atoms with Crippen LogP contribution in [0.15, 0.2) is 24.3 Å². The van der Waals surface area contributed by atoms with E-state index in [1.165, 1.54) is 0 Å². The first-order chi connectivity index (χ1) is 8.65. The van der Waals surface area contributed by atoms with E-state index in [1.807, 2.05) is 0 Å². The van der Waals surface area contributed by atoms with Gasteiger partial charge in [-0.05, 0) is 24.3 Å². The van der Waals surface area contributed by atoms with Crippen molar-refractivity contribution in [3.05, 3.63) is 24.3 Å². The Bertz CT molecular complexity index is 403. The summed E-state index contributed by atoms with van der Waals surface area (Å²) in [6.07, 6.45) is -0.220. The van der Waals surface area contributed by atoms with Gasteiger partial charge in [-0.1, -0.05) is 6.92 Å². The lowest BCUT2D eigenvalue weighted by atomic mass is 10.2. The molecule has 1 aromatic rings. The zero-order valence-corrected chi connectivity index (χ0v) is 10.1. The molecule has 2 amide bonds. The van der Waals surface area contributed by atoms with Gasteiger partial charge in [0.15, 0.2) is 0 Å². The zero-order chi connectivity index (χ0) is 13.4. The molecule has 0 aromatic heterocycles. The maximum Gasteiger partial charge on any atom is 0.411 e. The number of aliphatic hydroxyl groups is 1. The topological polar surface area (TPSA) is 87.7 Å². The third-order valence-electron chi connectivity index (χ3n) is 2.06. The van der Waals surface area contributed by atoms with Crippen molar-refractivity contribution in [1.29, 1.82) is 0 Å². The molecule has 0 aliphatic heterocycles. The summed E-state index contributed by atoms with van der Waals surface area (Å²) in [7, 11) is 0. The van der Waals surface area contributed by atoms with E-state index in [4.69, 9.17) is 5.11 Å². The zero-order valence-electron chi connectivity index (χ0n) is 10.1. The van der Waals surface area contributed by atoms with Crippen LogP contribution >= 0.6 is 0 Å². The molecule has 0 saturated carbocycles. The first-order valence-electron chi connectivity index (χ1n) is 5.60. The molecule has 6 heteroatoms. The van der Waals surface area contributed by atoms with Crippen LogP contribution < -0.4 is 10.6 Å². The number of nitrogens with one attached hydrogen (secondary N) is 2. The molecule has 0 fully saturated rings. The fraction of sp³-hybridized carbons (Fsp3) is 0.333. The van der Waals surface area contributed by atoms with E-state index in [0.717, 1.165) is 0 Å². The Morgan fingerprint density at radius 3 is 2.22 bits per heavy atom. The molecule has 98 valence electrons. The van der Waals surface area contributed by atoms with E-state index in [2.05, 4.69) is 15.4 Å². The highest BCUT2D eigenvalue weighted by molar-refractivity contribution is 5.91. The van der Waals surface area contributed by atoms with Crippen LogP contribution in [0, 0.1) is 0 Å². The number of aliphatic hydroxyl groups excluding tert-OH is 1. The molecule has 0 heterocycles. The molecule has 0 saturated heterocycles. The van der Waals surface area contributed by atoms with Gasteiger partial charge in [0.2, 0.25) is 5.91 Å². The fourth-order valence-corrected chi connectivity index (χ4v) is 1.18. The predicted octanol–water partition coefficient (Wildman–Crippen LogP) is 1.58. The number of anilines is 2. The van der Waals surface area contributed by atoms with E-state index in [-0.39, 0.29) is 19.1 Å². The standard InChI is InChI=1S/C12H16N2O4/c1-2-11(16)13-9-3-5-10(6-4-9)14-12(17)18-8-7-15/h3-6,15H,2,7-8H2,1H3,(H,13,16)(H,14,17). The second-order valence-electron chi connectivity index (χ2n) is 3.46. The molecule has 1 aromatic carbocycles. The minimum atomic E-state index is -0.630. The molecule has 0 atom stereocenters. The van der Waals surface area contributed by atoms with Gasteiger partial charge >= 0.3 is 6.09 Å². The van der Waals surface area contributed by atoms with Crippen molar-refractivity contribution in [2.45, 2.75) is 13.3 Å². The molecule has 0 aliphatic carbocycles. The van der Waals surface area contributed by atoms with E-state index in [9.17, 15) is 9.59 Å². The summed E-state index contributed by atoms with van der Waals surface area (Å²) < 4.78 is 4.64. The predicted molar refractivity (Wildman–Crippen MR) is 67.4 cm³/mol. The van der Waals surface area contributed by atoms with Crippen LogP contribution in [-0.4, -0.2) is 30.3 Å². The maximum absolute atomic E-state index is 11.2. The van der Waals surface area contributed by atoms with Gasteiger partial charge in [-0.3, -0.25) is 10.1 Å². The number of carbonyl (C=O) groups excluding carboxylic acids is 2. The summed E-state index contributed by atoms with van der Waals surface area (Å²) in [6, 6.07) is 6.64. The monoisotopic (exact) mass is 252 g/mol. The molecule has 0 radical (unpaired) electrons. The molecular formula is C12H16N2O4. The number of rotatable bonds is 5. The summed E-state index contributed by atoms with van der Waals surface area (Å²) in [6.45, 7) is 1.51. The van der Waals surface area contributed by atoms with E-state index >= 15 is 0 Å². The second-order valence-corrected chi connectivity index (χ2v) is 3.46. The number of benzene rings is 1. The third kappa shape index (κ3) is 4.84. The highest BCUT2D eigenvalue weighted by Crippen LogP contribution is 2.13.